The third-order valence-corrected chi connectivity index (χ3v) is 3.97. The summed E-state index contributed by atoms with van der Waals surface area (Å²) in [6.07, 6.45) is 0.723. The molecule has 0 heterocycles. The van der Waals surface area contributed by atoms with Crippen LogP contribution < -0.4 is 5.32 Å². The topological polar surface area (TPSA) is 12.0 Å². The van der Waals surface area contributed by atoms with Crippen molar-refractivity contribution in [2.24, 2.45) is 0 Å². The maximum atomic E-state index is 14.1. The van der Waals surface area contributed by atoms with E-state index in [1.807, 2.05) is 20.8 Å². The van der Waals surface area contributed by atoms with E-state index in [0.717, 1.165) is 13.0 Å². The van der Waals surface area contributed by atoms with Crippen molar-refractivity contribution < 1.29 is 8.78 Å². The fourth-order valence-corrected chi connectivity index (χ4v) is 3.18. The molecule has 1 aromatic carbocycles. The number of fused-ring (bicyclic) bond motifs is 1. The van der Waals surface area contributed by atoms with Gasteiger partial charge in [-0.05, 0) is 40.4 Å². The molecule has 1 nitrogen and oxygen atoms in total. The molecule has 2 rings (SSSR count). The minimum atomic E-state index is -0.335. The summed E-state index contributed by atoms with van der Waals surface area (Å²) in [7, 11) is 0. The van der Waals surface area contributed by atoms with Gasteiger partial charge in [-0.1, -0.05) is 20.8 Å². The molecule has 94 valence electrons. The van der Waals surface area contributed by atoms with E-state index in [-0.39, 0.29) is 27.6 Å². The summed E-state index contributed by atoms with van der Waals surface area (Å²) in [5.41, 5.74) is 0.682. The maximum Gasteiger partial charge on any atom is 0.142 e. The molecule has 0 saturated heterocycles. The molecule has 0 aromatic heterocycles. The summed E-state index contributed by atoms with van der Waals surface area (Å²) < 4.78 is 28.4. The van der Waals surface area contributed by atoms with Crippen LogP contribution >= 0.6 is 15.9 Å². The lowest BCUT2D eigenvalue weighted by molar-refractivity contribution is 0.422. The summed E-state index contributed by atoms with van der Waals surface area (Å²) >= 11 is 3.07. The highest BCUT2D eigenvalue weighted by atomic mass is 79.9. The van der Waals surface area contributed by atoms with Gasteiger partial charge in [-0.25, -0.2) is 8.78 Å². The Hall–Kier alpha value is -0.480. The molecule has 4 heteroatoms. The van der Waals surface area contributed by atoms with Crippen molar-refractivity contribution in [2.45, 2.75) is 38.6 Å². The van der Waals surface area contributed by atoms with Gasteiger partial charge in [-0.2, -0.15) is 0 Å². The Kier molecular flexibility index (Phi) is 3.29. The lowest BCUT2D eigenvalue weighted by Crippen LogP contribution is -2.21. The van der Waals surface area contributed by atoms with Crippen LogP contribution in [-0.4, -0.2) is 6.54 Å². The van der Waals surface area contributed by atoms with Crippen molar-refractivity contribution in [2.75, 3.05) is 6.54 Å². The summed E-state index contributed by atoms with van der Waals surface area (Å²) in [4.78, 5) is 0. The number of hydrogen-bond acceptors (Lipinski definition) is 1. The van der Waals surface area contributed by atoms with E-state index in [4.69, 9.17) is 0 Å². The van der Waals surface area contributed by atoms with E-state index in [9.17, 15) is 8.78 Å². The van der Waals surface area contributed by atoms with Gasteiger partial charge in [0.2, 0.25) is 0 Å². The molecule has 0 spiro atoms. The van der Waals surface area contributed by atoms with Crippen molar-refractivity contribution in [3.8, 4) is 0 Å². The maximum absolute atomic E-state index is 14.1. The Morgan fingerprint density at radius 2 is 2.12 bits per heavy atom. The fourth-order valence-electron chi connectivity index (χ4n) is 2.76. The zero-order valence-corrected chi connectivity index (χ0v) is 11.8. The number of rotatable bonds is 2. The summed E-state index contributed by atoms with van der Waals surface area (Å²) in [5, 5.41) is 3.22. The Labute approximate surface area is 109 Å². The van der Waals surface area contributed by atoms with E-state index < -0.39 is 0 Å². The van der Waals surface area contributed by atoms with E-state index in [1.165, 1.54) is 6.07 Å². The number of benzene rings is 1. The van der Waals surface area contributed by atoms with Crippen molar-refractivity contribution >= 4 is 15.9 Å². The molecule has 17 heavy (non-hydrogen) atoms. The second-order valence-electron chi connectivity index (χ2n) is 5.14. The molecular formula is C13H16BrF2N. The lowest BCUT2D eigenvalue weighted by atomic mass is 9.86. The van der Waals surface area contributed by atoms with Crippen LogP contribution in [0.4, 0.5) is 8.78 Å². The highest BCUT2D eigenvalue weighted by molar-refractivity contribution is 9.10. The molecule has 1 aromatic rings. The quantitative estimate of drug-likeness (QED) is 0.813. The van der Waals surface area contributed by atoms with Gasteiger partial charge in [0.1, 0.15) is 11.6 Å². The smallest absolute Gasteiger partial charge is 0.142 e. The van der Waals surface area contributed by atoms with Gasteiger partial charge in [0, 0.05) is 17.2 Å². The van der Waals surface area contributed by atoms with Gasteiger partial charge in [0.15, 0.2) is 0 Å². The van der Waals surface area contributed by atoms with Gasteiger partial charge in [0.25, 0.3) is 0 Å². The first-order valence-corrected chi connectivity index (χ1v) is 6.59. The summed E-state index contributed by atoms with van der Waals surface area (Å²) in [5.74, 6) is -0.656. The molecule has 0 fully saturated rings. The van der Waals surface area contributed by atoms with Crippen molar-refractivity contribution in [3.05, 3.63) is 33.3 Å². The van der Waals surface area contributed by atoms with Crippen LogP contribution in [0.2, 0.25) is 0 Å². The molecule has 1 aliphatic carbocycles. The van der Waals surface area contributed by atoms with E-state index in [1.54, 1.807) is 0 Å². The van der Waals surface area contributed by atoms with Crippen LogP contribution in [0.1, 0.15) is 44.4 Å². The van der Waals surface area contributed by atoms with Crippen LogP contribution in [0.15, 0.2) is 10.5 Å². The van der Waals surface area contributed by atoms with E-state index in [0.29, 0.717) is 11.1 Å². The molecule has 0 aliphatic heterocycles. The second kappa shape index (κ2) is 4.32. The Morgan fingerprint density at radius 1 is 1.47 bits per heavy atom. The average Bonchev–Trinajstić information content (AvgIpc) is 2.47. The number of hydrogen-bond donors (Lipinski definition) is 1. The van der Waals surface area contributed by atoms with Gasteiger partial charge in [0.05, 0.1) is 4.47 Å². The van der Waals surface area contributed by atoms with E-state index in [2.05, 4.69) is 21.2 Å². The van der Waals surface area contributed by atoms with Crippen molar-refractivity contribution in [1.82, 2.24) is 5.32 Å². The minimum Gasteiger partial charge on any atom is -0.310 e. The zero-order valence-electron chi connectivity index (χ0n) is 10.2. The standard InChI is InChI=1S/C13H16BrF2N/c1-4-17-9-6-13(2,3)11-8(15)5-7(14)12(16)10(9)11/h5,9,17H,4,6H2,1-3H3. The van der Waals surface area contributed by atoms with Gasteiger partial charge < -0.3 is 5.32 Å². The molecule has 1 atom stereocenters. The van der Waals surface area contributed by atoms with Gasteiger partial charge >= 0.3 is 0 Å². The Balaban J connectivity index is 2.65. The monoisotopic (exact) mass is 303 g/mol. The average molecular weight is 304 g/mol. The highest BCUT2D eigenvalue weighted by Crippen LogP contribution is 2.48. The summed E-state index contributed by atoms with van der Waals surface area (Å²) in [6, 6.07) is 1.13. The molecule has 1 N–H and O–H groups in total. The molecular weight excluding hydrogens is 288 g/mol. The molecule has 0 bridgehead atoms. The highest BCUT2D eigenvalue weighted by Gasteiger charge is 2.41. The van der Waals surface area contributed by atoms with Gasteiger partial charge in [-0.15, -0.1) is 0 Å². The SMILES string of the molecule is CCNC1CC(C)(C)c2c(F)cc(Br)c(F)c21. The predicted octanol–water partition coefficient (Wildman–Crippen LogP) is 4.06. The van der Waals surface area contributed by atoms with Crippen LogP contribution in [0, 0.1) is 11.6 Å². The van der Waals surface area contributed by atoms with Crippen molar-refractivity contribution in [3.63, 3.8) is 0 Å². The molecule has 1 aliphatic rings. The summed E-state index contributed by atoms with van der Waals surface area (Å²) in [6.45, 7) is 6.63. The van der Waals surface area contributed by atoms with E-state index >= 15 is 0 Å². The normalized spacial score (nSPS) is 21.6. The molecule has 0 radical (unpaired) electrons. The van der Waals surface area contributed by atoms with Gasteiger partial charge in [-0.3, -0.25) is 0 Å². The Bertz CT molecular complexity index is 457. The first kappa shape index (κ1) is 13.0. The van der Waals surface area contributed by atoms with Crippen LogP contribution in [0.25, 0.3) is 0 Å². The first-order chi connectivity index (χ1) is 7.88. The molecule has 0 amide bonds. The third-order valence-electron chi connectivity index (χ3n) is 3.40. The predicted molar refractivity (Wildman–Crippen MR) is 68.1 cm³/mol. The second-order valence-corrected chi connectivity index (χ2v) is 6.00. The largest absolute Gasteiger partial charge is 0.310 e. The molecule has 0 saturated carbocycles. The third kappa shape index (κ3) is 2.02. The fraction of sp³-hybridized carbons (Fsp3) is 0.538. The minimum absolute atomic E-state index is 0.100. The lowest BCUT2D eigenvalue weighted by Gasteiger charge is -2.19. The molecule has 1 unspecified atom stereocenters. The number of nitrogens with one attached hydrogen (secondary N) is 1. The Morgan fingerprint density at radius 3 is 2.71 bits per heavy atom. The van der Waals surface area contributed by atoms with Crippen LogP contribution in [-0.2, 0) is 5.41 Å². The van der Waals surface area contributed by atoms with Crippen LogP contribution in [0.5, 0.6) is 0 Å². The van der Waals surface area contributed by atoms with Crippen molar-refractivity contribution in [1.29, 1.82) is 0 Å². The number of halogens is 3. The van der Waals surface area contributed by atoms with Crippen LogP contribution in [0.3, 0.4) is 0 Å². The zero-order chi connectivity index (χ0) is 12.8. The first-order valence-electron chi connectivity index (χ1n) is 5.79.